The van der Waals surface area contributed by atoms with Crippen LogP contribution < -0.4 is 20.3 Å². The Balaban J connectivity index is 1.78. The third kappa shape index (κ3) is 8.73. The first-order valence-corrected chi connectivity index (χ1v) is 12.0. The van der Waals surface area contributed by atoms with Crippen LogP contribution in [0.2, 0.25) is 10.0 Å². The van der Waals surface area contributed by atoms with Crippen LogP contribution in [0.4, 0.5) is 0 Å². The molecule has 0 heterocycles. The molecule has 2 N–H and O–H groups in total. The molecule has 2 aromatic carbocycles. The van der Waals surface area contributed by atoms with Crippen molar-refractivity contribution in [3.8, 4) is 11.5 Å². The van der Waals surface area contributed by atoms with Crippen molar-refractivity contribution in [2.75, 3.05) is 13.2 Å². The van der Waals surface area contributed by atoms with Crippen LogP contribution in [-0.4, -0.2) is 25.0 Å². The highest BCUT2D eigenvalue weighted by molar-refractivity contribution is 6.35. The summed E-state index contributed by atoms with van der Waals surface area (Å²) in [5, 5.41) is 0.930. The Bertz CT molecular complexity index is 1010. The van der Waals surface area contributed by atoms with E-state index in [1.165, 1.54) is 5.56 Å². The zero-order valence-electron chi connectivity index (χ0n) is 20.7. The van der Waals surface area contributed by atoms with Crippen LogP contribution in [0.3, 0.4) is 0 Å². The molecule has 0 saturated carbocycles. The van der Waals surface area contributed by atoms with Gasteiger partial charge in [0.15, 0.2) is 6.61 Å². The summed E-state index contributed by atoms with van der Waals surface area (Å²) >= 11 is 11.9. The SMILES string of the molecule is CC(C)(C)c1ccc(OCC(=O)NNC(=O)CCCOc2ccc(Cl)cc2Cl)c(C(C)(C)C)c1. The molecule has 0 aromatic heterocycles. The number of halogens is 2. The van der Waals surface area contributed by atoms with E-state index in [0.29, 0.717) is 34.6 Å². The average Bonchev–Trinajstić information content (AvgIpc) is 2.73. The molecule has 2 aromatic rings. The Morgan fingerprint density at radius 3 is 2.09 bits per heavy atom. The molecular formula is C26H34Cl2N2O4. The van der Waals surface area contributed by atoms with Gasteiger partial charge in [-0.05, 0) is 52.6 Å². The first kappa shape index (κ1) is 27.8. The number of amides is 2. The summed E-state index contributed by atoms with van der Waals surface area (Å²) in [4.78, 5) is 24.2. The van der Waals surface area contributed by atoms with Crippen LogP contribution in [0.5, 0.6) is 11.5 Å². The van der Waals surface area contributed by atoms with Gasteiger partial charge in [-0.15, -0.1) is 0 Å². The molecule has 0 atom stereocenters. The number of carbonyl (C=O) groups is 2. The summed E-state index contributed by atoms with van der Waals surface area (Å²) in [6.07, 6.45) is 0.626. The number of hydrazine groups is 1. The molecule has 6 nitrogen and oxygen atoms in total. The summed E-state index contributed by atoms with van der Waals surface area (Å²) in [5.74, 6) is 0.378. The van der Waals surface area contributed by atoms with Crippen molar-refractivity contribution in [1.29, 1.82) is 0 Å². The fourth-order valence-corrected chi connectivity index (χ4v) is 3.56. The zero-order chi connectivity index (χ0) is 25.5. The van der Waals surface area contributed by atoms with E-state index in [2.05, 4.69) is 58.5 Å². The van der Waals surface area contributed by atoms with Gasteiger partial charge in [0, 0.05) is 11.4 Å². The van der Waals surface area contributed by atoms with E-state index in [4.69, 9.17) is 32.7 Å². The lowest BCUT2D eigenvalue weighted by Gasteiger charge is -2.27. The molecule has 0 bridgehead atoms. The van der Waals surface area contributed by atoms with Gasteiger partial charge in [0.1, 0.15) is 11.5 Å². The molecule has 0 aliphatic carbocycles. The number of hydrogen-bond donors (Lipinski definition) is 2. The van der Waals surface area contributed by atoms with Crippen molar-refractivity contribution in [3.63, 3.8) is 0 Å². The lowest BCUT2D eigenvalue weighted by atomic mass is 9.80. The van der Waals surface area contributed by atoms with Gasteiger partial charge in [0.25, 0.3) is 5.91 Å². The minimum Gasteiger partial charge on any atom is -0.492 e. The molecule has 0 spiro atoms. The highest BCUT2D eigenvalue weighted by atomic mass is 35.5. The summed E-state index contributed by atoms with van der Waals surface area (Å²) in [6, 6.07) is 11.0. The summed E-state index contributed by atoms with van der Waals surface area (Å²) in [5.41, 5.74) is 6.85. The first-order valence-electron chi connectivity index (χ1n) is 11.2. The highest BCUT2D eigenvalue weighted by Gasteiger charge is 2.23. The summed E-state index contributed by atoms with van der Waals surface area (Å²) in [7, 11) is 0. The molecule has 0 fully saturated rings. The lowest BCUT2D eigenvalue weighted by Crippen LogP contribution is -2.43. The van der Waals surface area contributed by atoms with Crippen LogP contribution in [0.15, 0.2) is 36.4 Å². The van der Waals surface area contributed by atoms with Gasteiger partial charge in [0.2, 0.25) is 5.91 Å². The maximum absolute atomic E-state index is 12.2. The number of benzene rings is 2. The smallest absolute Gasteiger partial charge is 0.276 e. The number of carbonyl (C=O) groups excluding carboxylic acids is 2. The fourth-order valence-electron chi connectivity index (χ4n) is 3.10. The van der Waals surface area contributed by atoms with Gasteiger partial charge in [-0.3, -0.25) is 20.4 Å². The molecular weight excluding hydrogens is 475 g/mol. The van der Waals surface area contributed by atoms with Crippen molar-refractivity contribution in [3.05, 3.63) is 57.6 Å². The molecule has 0 radical (unpaired) electrons. The number of hydrogen-bond acceptors (Lipinski definition) is 4. The maximum Gasteiger partial charge on any atom is 0.276 e. The van der Waals surface area contributed by atoms with Gasteiger partial charge in [0.05, 0.1) is 11.6 Å². The molecule has 0 saturated heterocycles. The van der Waals surface area contributed by atoms with Gasteiger partial charge in [-0.25, -0.2) is 0 Å². The molecule has 2 amide bonds. The van der Waals surface area contributed by atoms with E-state index in [1.54, 1.807) is 18.2 Å². The number of nitrogens with one attached hydrogen (secondary N) is 2. The average molecular weight is 509 g/mol. The first-order chi connectivity index (χ1) is 15.8. The standard InChI is InChI=1S/C26H34Cl2N2O4/c1-25(2,3)17-9-11-21(19(14-17)26(4,5)6)34-16-24(32)30-29-23(31)8-7-13-33-22-12-10-18(27)15-20(22)28/h9-12,14-15H,7-8,13,16H2,1-6H3,(H,29,31)(H,30,32). The second kappa shape index (κ2) is 11.8. The quantitative estimate of drug-likeness (QED) is 0.339. The summed E-state index contributed by atoms with van der Waals surface area (Å²) < 4.78 is 11.3. The Morgan fingerprint density at radius 1 is 0.824 bits per heavy atom. The van der Waals surface area contributed by atoms with Gasteiger partial charge >= 0.3 is 0 Å². The van der Waals surface area contributed by atoms with Crippen molar-refractivity contribution in [1.82, 2.24) is 10.9 Å². The molecule has 34 heavy (non-hydrogen) atoms. The normalized spacial score (nSPS) is 11.6. The van der Waals surface area contributed by atoms with E-state index in [9.17, 15) is 9.59 Å². The molecule has 0 unspecified atom stereocenters. The molecule has 8 heteroatoms. The predicted octanol–water partition coefficient (Wildman–Crippen LogP) is 5.97. The molecule has 0 aliphatic heterocycles. The third-order valence-electron chi connectivity index (χ3n) is 5.05. The Morgan fingerprint density at radius 2 is 1.47 bits per heavy atom. The zero-order valence-corrected chi connectivity index (χ0v) is 22.2. The number of ether oxygens (including phenoxy) is 2. The highest BCUT2D eigenvalue weighted by Crippen LogP contribution is 2.35. The van der Waals surface area contributed by atoms with E-state index in [0.717, 1.165) is 5.56 Å². The van der Waals surface area contributed by atoms with E-state index < -0.39 is 5.91 Å². The van der Waals surface area contributed by atoms with E-state index in [-0.39, 0.29) is 29.8 Å². The molecule has 0 aliphatic rings. The molecule has 186 valence electrons. The van der Waals surface area contributed by atoms with Crippen LogP contribution in [0, 0.1) is 0 Å². The minimum atomic E-state index is -0.447. The minimum absolute atomic E-state index is 0.00625. The van der Waals surface area contributed by atoms with Crippen molar-refractivity contribution in [2.24, 2.45) is 0 Å². The topological polar surface area (TPSA) is 76.7 Å². The summed E-state index contributed by atoms with van der Waals surface area (Å²) in [6.45, 7) is 12.9. The maximum atomic E-state index is 12.2. The second-order valence-corrected chi connectivity index (χ2v) is 11.0. The Labute approximate surface area is 212 Å². The van der Waals surface area contributed by atoms with E-state index >= 15 is 0 Å². The fraction of sp³-hybridized carbons (Fsp3) is 0.462. The lowest BCUT2D eigenvalue weighted by molar-refractivity contribution is -0.130. The second-order valence-electron chi connectivity index (χ2n) is 10.1. The van der Waals surface area contributed by atoms with Crippen LogP contribution in [0.25, 0.3) is 0 Å². The molecule has 2 rings (SSSR count). The Kier molecular flexibility index (Phi) is 9.65. The van der Waals surface area contributed by atoms with Crippen LogP contribution >= 0.6 is 23.2 Å². The van der Waals surface area contributed by atoms with Gasteiger partial charge in [-0.2, -0.15) is 0 Å². The van der Waals surface area contributed by atoms with Gasteiger partial charge < -0.3 is 9.47 Å². The monoisotopic (exact) mass is 508 g/mol. The third-order valence-corrected chi connectivity index (χ3v) is 5.58. The van der Waals surface area contributed by atoms with Crippen molar-refractivity contribution in [2.45, 2.75) is 65.2 Å². The largest absolute Gasteiger partial charge is 0.492 e. The predicted molar refractivity (Wildman–Crippen MR) is 137 cm³/mol. The Hall–Kier alpha value is -2.44. The van der Waals surface area contributed by atoms with Crippen molar-refractivity contribution < 1.29 is 19.1 Å². The number of rotatable bonds is 8. The van der Waals surface area contributed by atoms with E-state index in [1.807, 2.05) is 12.1 Å². The van der Waals surface area contributed by atoms with Crippen LogP contribution in [0.1, 0.15) is 65.5 Å². The van der Waals surface area contributed by atoms with Crippen LogP contribution in [-0.2, 0) is 20.4 Å². The van der Waals surface area contributed by atoms with Gasteiger partial charge in [-0.1, -0.05) is 76.9 Å². The van der Waals surface area contributed by atoms with Crippen molar-refractivity contribution >= 4 is 35.0 Å².